The normalized spacial score (nSPS) is 25.1. The predicted octanol–water partition coefficient (Wildman–Crippen LogP) is 0.149. The number of aromatic nitrogens is 2. The Labute approximate surface area is 93.3 Å². The molecule has 0 unspecified atom stereocenters. The average Bonchev–Trinajstić information content (AvgIpc) is 3.02. The van der Waals surface area contributed by atoms with E-state index < -0.39 is 0 Å². The predicted molar refractivity (Wildman–Crippen MR) is 59.6 cm³/mol. The van der Waals surface area contributed by atoms with Crippen molar-refractivity contribution in [2.45, 2.75) is 31.4 Å². The molecule has 1 N–H and O–H groups in total. The third-order valence-corrected chi connectivity index (χ3v) is 3.25. The fourth-order valence-electron chi connectivity index (χ4n) is 2.21. The van der Waals surface area contributed by atoms with Gasteiger partial charge in [0.2, 0.25) is 0 Å². The lowest BCUT2D eigenvalue weighted by atomic mass is 10.3. The van der Waals surface area contributed by atoms with Crippen molar-refractivity contribution in [3.63, 3.8) is 0 Å². The van der Waals surface area contributed by atoms with E-state index in [1.807, 2.05) is 4.90 Å². The number of aliphatic hydroxyl groups excluding tert-OH is 1. The van der Waals surface area contributed by atoms with Crippen LogP contribution in [0.3, 0.4) is 0 Å². The van der Waals surface area contributed by atoms with E-state index in [9.17, 15) is 9.90 Å². The molecule has 2 aliphatic rings. The molecule has 0 amide bonds. The molecule has 1 saturated carbocycles. The minimum atomic E-state index is -0.323. The van der Waals surface area contributed by atoms with Crippen LogP contribution in [0.15, 0.2) is 17.2 Å². The third kappa shape index (κ3) is 1.61. The zero-order valence-corrected chi connectivity index (χ0v) is 9.04. The van der Waals surface area contributed by atoms with Crippen LogP contribution in [-0.2, 0) is 0 Å². The summed E-state index contributed by atoms with van der Waals surface area (Å²) in [4.78, 5) is 18.1. The molecular weight excluding hydrogens is 206 g/mol. The lowest BCUT2D eigenvalue weighted by Crippen LogP contribution is -2.32. The lowest BCUT2D eigenvalue weighted by Gasteiger charge is -2.16. The van der Waals surface area contributed by atoms with Gasteiger partial charge >= 0.3 is 0 Å². The van der Waals surface area contributed by atoms with Gasteiger partial charge in [0.05, 0.1) is 6.10 Å². The Hall–Kier alpha value is -1.36. The molecule has 1 aromatic rings. The van der Waals surface area contributed by atoms with E-state index in [-0.39, 0.29) is 11.7 Å². The Morgan fingerprint density at radius 2 is 2.19 bits per heavy atom. The van der Waals surface area contributed by atoms with Gasteiger partial charge in [0.1, 0.15) is 0 Å². The van der Waals surface area contributed by atoms with Crippen LogP contribution in [-0.4, -0.2) is 33.9 Å². The monoisotopic (exact) mass is 221 g/mol. The summed E-state index contributed by atoms with van der Waals surface area (Å²) in [6, 6.07) is 0.377. The average molecular weight is 221 g/mol. The minimum absolute atomic E-state index is 0.0147. The molecule has 1 saturated heterocycles. The second-order valence-electron chi connectivity index (χ2n) is 4.58. The van der Waals surface area contributed by atoms with E-state index in [0.29, 0.717) is 18.4 Å². The molecule has 2 heterocycles. The highest BCUT2D eigenvalue weighted by Gasteiger charge is 2.28. The first kappa shape index (κ1) is 9.84. The van der Waals surface area contributed by atoms with Crippen molar-refractivity contribution in [1.82, 2.24) is 9.55 Å². The maximum absolute atomic E-state index is 12.1. The highest BCUT2D eigenvalue weighted by atomic mass is 16.3. The number of aliphatic hydroxyl groups is 1. The van der Waals surface area contributed by atoms with Crippen molar-refractivity contribution >= 4 is 5.82 Å². The maximum atomic E-state index is 12.1. The molecule has 1 aromatic heterocycles. The van der Waals surface area contributed by atoms with Crippen molar-refractivity contribution in [1.29, 1.82) is 0 Å². The Bertz CT molecular complexity index is 453. The zero-order chi connectivity index (χ0) is 11.1. The Balaban J connectivity index is 1.94. The lowest BCUT2D eigenvalue weighted by molar-refractivity contribution is 0.198. The highest BCUT2D eigenvalue weighted by molar-refractivity contribution is 5.37. The molecule has 0 spiro atoms. The molecule has 1 aliphatic heterocycles. The van der Waals surface area contributed by atoms with Crippen LogP contribution in [0.2, 0.25) is 0 Å². The molecule has 5 heteroatoms. The second kappa shape index (κ2) is 3.59. The summed E-state index contributed by atoms with van der Waals surface area (Å²) in [5, 5.41) is 9.46. The molecule has 86 valence electrons. The van der Waals surface area contributed by atoms with Crippen molar-refractivity contribution in [2.75, 3.05) is 18.0 Å². The quantitative estimate of drug-likeness (QED) is 0.772. The molecule has 5 nitrogen and oxygen atoms in total. The van der Waals surface area contributed by atoms with E-state index in [2.05, 4.69) is 4.98 Å². The largest absolute Gasteiger partial charge is 0.391 e. The van der Waals surface area contributed by atoms with Crippen LogP contribution in [0, 0.1) is 0 Å². The summed E-state index contributed by atoms with van der Waals surface area (Å²) in [6.45, 7) is 1.25. The number of anilines is 1. The molecule has 0 bridgehead atoms. The summed E-state index contributed by atoms with van der Waals surface area (Å²) in [6.07, 6.45) is 6.02. The SMILES string of the molecule is O=c1c(N2CC[C@H](O)C2)nccn1C1CC1. The van der Waals surface area contributed by atoms with Crippen LogP contribution >= 0.6 is 0 Å². The number of β-amino-alcohol motifs (C(OH)–C–C–N with tert-alkyl or cyclic N) is 1. The number of nitrogens with zero attached hydrogens (tertiary/aromatic N) is 3. The molecule has 16 heavy (non-hydrogen) atoms. The first-order valence-corrected chi connectivity index (χ1v) is 5.76. The van der Waals surface area contributed by atoms with Gasteiger partial charge < -0.3 is 14.6 Å². The van der Waals surface area contributed by atoms with Gasteiger partial charge in [0, 0.05) is 31.5 Å². The summed E-state index contributed by atoms with van der Waals surface area (Å²) in [5.74, 6) is 0.492. The summed E-state index contributed by atoms with van der Waals surface area (Å²) >= 11 is 0. The minimum Gasteiger partial charge on any atom is -0.391 e. The van der Waals surface area contributed by atoms with Gasteiger partial charge in [-0.25, -0.2) is 4.98 Å². The van der Waals surface area contributed by atoms with Crippen LogP contribution in [0.4, 0.5) is 5.82 Å². The summed E-state index contributed by atoms with van der Waals surface area (Å²) < 4.78 is 1.77. The van der Waals surface area contributed by atoms with Gasteiger partial charge in [-0.05, 0) is 19.3 Å². The van der Waals surface area contributed by atoms with Gasteiger partial charge in [0.25, 0.3) is 5.56 Å². The van der Waals surface area contributed by atoms with E-state index >= 15 is 0 Å². The van der Waals surface area contributed by atoms with E-state index in [1.165, 1.54) is 0 Å². The van der Waals surface area contributed by atoms with E-state index in [1.54, 1.807) is 17.0 Å². The first-order chi connectivity index (χ1) is 7.75. The topological polar surface area (TPSA) is 58.4 Å². The van der Waals surface area contributed by atoms with Crippen molar-refractivity contribution in [3.8, 4) is 0 Å². The van der Waals surface area contributed by atoms with Crippen LogP contribution in [0.25, 0.3) is 0 Å². The zero-order valence-electron chi connectivity index (χ0n) is 9.04. The number of rotatable bonds is 2. The van der Waals surface area contributed by atoms with Crippen molar-refractivity contribution in [3.05, 3.63) is 22.7 Å². The standard InChI is InChI=1S/C11H15N3O2/c15-9-3-5-13(7-9)10-11(16)14(6-4-12-10)8-1-2-8/h4,6,8-9,15H,1-3,5,7H2/t9-/m0/s1. The fraction of sp³-hybridized carbons (Fsp3) is 0.636. The third-order valence-electron chi connectivity index (χ3n) is 3.25. The van der Waals surface area contributed by atoms with Crippen molar-refractivity contribution < 1.29 is 5.11 Å². The van der Waals surface area contributed by atoms with Gasteiger partial charge in [-0.3, -0.25) is 4.79 Å². The first-order valence-electron chi connectivity index (χ1n) is 5.76. The molecule has 1 atom stereocenters. The molecule has 2 fully saturated rings. The van der Waals surface area contributed by atoms with Crippen LogP contribution in [0.1, 0.15) is 25.3 Å². The van der Waals surface area contributed by atoms with Gasteiger partial charge in [-0.2, -0.15) is 0 Å². The molecular formula is C11H15N3O2. The maximum Gasteiger partial charge on any atom is 0.293 e. The Morgan fingerprint density at radius 1 is 1.38 bits per heavy atom. The second-order valence-corrected chi connectivity index (χ2v) is 4.58. The smallest absolute Gasteiger partial charge is 0.293 e. The Morgan fingerprint density at radius 3 is 2.81 bits per heavy atom. The van der Waals surface area contributed by atoms with Gasteiger partial charge in [-0.1, -0.05) is 0 Å². The fourth-order valence-corrected chi connectivity index (χ4v) is 2.21. The highest BCUT2D eigenvalue weighted by Crippen LogP contribution is 2.33. The number of hydrogen-bond acceptors (Lipinski definition) is 4. The van der Waals surface area contributed by atoms with Gasteiger partial charge in [0.15, 0.2) is 5.82 Å². The van der Waals surface area contributed by atoms with Crippen LogP contribution in [0.5, 0.6) is 0 Å². The van der Waals surface area contributed by atoms with E-state index in [4.69, 9.17) is 0 Å². The van der Waals surface area contributed by atoms with Crippen LogP contribution < -0.4 is 10.5 Å². The molecule has 0 radical (unpaired) electrons. The Kier molecular flexibility index (Phi) is 2.21. The summed E-state index contributed by atoms with van der Waals surface area (Å²) in [5.41, 5.74) is -0.0147. The van der Waals surface area contributed by atoms with Gasteiger partial charge in [-0.15, -0.1) is 0 Å². The molecule has 1 aliphatic carbocycles. The molecule has 3 rings (SSSR count). The van der Waals surface area contributed by atoms with Crippen molar-refractivity contribution in [2.24, 2.45) is 0 Å². The summed E-state index contributed by atoms with van der Waals surface area (Å²) in [7, 11) is 0. The molecule has 0 aromatic carbocycles. The van der Waals surface area contributed by atoms with E-state index in [0.717, 1.165) is 25.8 Å². The number of hydrogen-bond donors (Lipinski definition) is 1.